The minimum atomic E-state index is -0.0362. The summed E-state index contributed by atoms with van der Waals surface area (Å²) in [6.45, 7) is 7.00. The van der Waals surface area contributed by atoms with Gasteiger partial charge in [-0.1, -0.05) is 37.3 Å². The summed E-state index contributed by atoms with van der Waals surface area (Å²) in [5.41, 5.74) is 2.16. The fourth-order valence-corrected chi connectivity index (χ4v) is 2.10. The standard InChI is InChI=1S/C16H21N3O/c1-4-14-15(17-5-2)18-11-19-16(14)20-12(3)13-9-7-6-8-10-13/h6-12H,4-5H2,1-3H3,(H,17,18,19). The highest BCUT2D eigenvalue weighted by atomic mass is 16.5. The number of anilines is 1. The van der Waals surface area contributed by atoms with Crippen molar-refractivity contribution in [2.45, 2.75) is 33.3 Å². The van der Waals surface area contributed by atoms with Crippen LogP contribution in [0.3, 0.4) is 0 Å². The monoisotopic (exact) mass is 271 g/mol. The maximum atomic E-state index is 6.02. The number of nitrogens with zero attached hydrogens (tertiary/aromatic N) is 2. The summed E-state index contributed by atoms with van der Waals surface area (Å²) in [7, 11) is 0. The maximum Gasteiger partial charge on any atom is 0.222 e. The summed E-state index contributed by atoms with van der Waals surface area (Å²) < 4.78 is 6.02. The highest BCUT2D eigenvalue weighted by molar-refractivity contribution is 5.48. The molecule has 0 aliphatic rings. The maximum absolute atomic E-state index is 6.02. The smallest absolute Gasteiger partial charge is 0.222 e. The molecule has 4 nitrogen and oxygen atoms in total. The molecular formula is C16H21N3O. The molecule has 1 aromatic heterocycles. The first-order chi connectivity index (χ1) is 9.76. The van der Waals surface area contributed by atoms with Crippen molar-refractivity contribution < 1.29 is 4.74 Å². The lowest BCUT2D eigenvalue weighted by Crippen LogP contribution is -2.10. The average molecular weight is 271 g/mol. The van der Waals surface area contributed by atoms with Crippen LogP contribution >= 0.6 is 0 Å². The van der Waals surface area contributed by atoms with Crippen LogP contribution in [0.5, 0.6) is 5.88 Å². The van der Waals surface area contributed by atoms with Gasteiger partial charge in [0.2, 0.25) is 5.88 Å². The molecule has 0 aliphatic carbocycles. The van der Waals surface area contributed by atoms with Gasteiger partial charge in [-0.05, 0) is 25.8 Å². The van der Waals surface area contributed by atoms with E-state index >= 15 is 0 Å². The SMILES string of the molecule is CCNc1ncnc(OC(C)c2ccccc2)c1CC. The Kier molecular flexibility index (Phi) is 4.93. The predicted molar refractivity (Wildman–Crippen MR) is 81.1 cm³/mol. The van der Waals surface area contributed by atoms with Crippen LogP contribution in [0, 0.1) is 0 Å². The van der Waals surface area contributed by atoms with E-state index in [1.54, 1.807) is 6.33 Å². The zero-order chi connectivity index (χ0) is 14.4. The van der Waals surface area contributed by atoms with Crippen molar-refractivity contribution in [3.05, 3.63) is 47.8 Å². The van der Waals surface area contributed by atoms with Crippen LogP contribution in [0.15, 0.2) is 36.7 Å². The van der Waals surface area contributed by atoms with E-state index in [-0.39, 0.29) is 6.10 Å². The topological polar surface area (TPSA) is 47.0 Å². The van der Waals surface area contributed by atoms with E-state index < -0.39 is 0 Å². The van der Waals surface area contributed by atoms with Crippen molar-refractivity contribution >= 4 is 5.82 Å². The quantitative estimate of drug-likeness (QED) is 0.872. The van der Waals surface area contributed by atoms with E-state index in [2.05, 4.69) is 41.3 Å². The van der Waals surface area contributed by atoms with E-state index in [1.165, 1.54) is 0 Å². The normalized spacial score (nSPS) is 11.9. The molecule has 1 unspecified atom stereocenters. The van der Waals surface area contributed by atoms with Gasteiger partial charge in [-0.25, -0.2) is 9.97 Å². The van der Waals surface area contributed by atoms with E-state index in [0.717, 1.165) is 29.9 Å². The fraction of sp³-hybridized carbons (Fsp3) is 0.375. The van der Waals surface area contributed by atoms with Crippen LogP contribution in [-0.2, 0) is 6.42 Å². The summed E-state index contributed by atoms with van der Waals surface area (Å²) in [5, 5.41) is 3.25. The molecule has 0 radical (unpaired) electrons. The number of nitrogens with one attached hydrogen (secondary N) is 1. The third-order valence-electron chi connectivity index (χ3n) is 3.16. The molecule has 2 aromatic rings. The first-order valence-electron chi connectivity index (χ1n) is 7.05. The van der Waals surface area contributed by atoms with Gasteiger partial charge < -0.3 is 10.1 Å². The second-order valence-corrected chi connectivity index (χ2v) is 4.56. The summed E-state index contributed by atoms with van der Waals surface area (Å²) in [4.78, 5) is 8.56. The lowest BCUT2D eigenvalue weighted by Gasteiger charge is -2.18. The molecule has 1 atom stereocenters. The van der Waals surface area contributed by atoms with Gasteiger partial charge in [0.25, 0.3) is 0 Å². The number of benzene rings is 1. The number of hydrogen-bond donors (Lipinski definition) is 1. The first-order valence-corrected chi connectivity index (χ1v) is 7.05. The molecular weight excluding hydrogens is 250 g/mol. The fourth-order valence-electron chi connectivity index (χ4n) is 2.10. The zero-order valence-electron chi connectivity index (χ0n) is 12.3. The van der Waals surface area contributed by atoms with E-state index in [4.69, 9.17) is 4.74 Å². The van der Waals surface area contributed by atoms with Crippen molar-refractivity contribution in [1.82, 2.24) is 9.97 Å². The van der Waals surface area contributed by atoms with E-state index in [0.29, 0.717) is 5.88 Å². The number of aromatic nitrogens is 2. The van der Waals surface area contributed by atoms with Gasteiger partial charge in [0.15, 0.2) is 0 Å². The van der Waals surface area contributed by atoms with Crippen molar-refractivity contribution in [3.8, 4) is 5.88 Å². The molecule has 0 saturated carbocycles. The molecule has 1 N–H and O–H groups in total. The number of rotatable bonds is 6. The number of ether oxygens (including phenoxy) is 1. The average Bonchev–Trinajstić information content (AvgIpc) is 2.49. The molecule has 2 rings (SSSR count). The molecule has 1 aromatic carbocycles. The summed E-state index contributed by atoms with van der Waals surface area (Å²) in [6, 6.07) is 10.1. The van der Waals surface area contributed by atoms with Gasteiger partial charge in [0.1, 0.15) is 18.2 Å². The van der Waals surface area contributed by atoms with Crippen molar-refractivity contribution in [1.29, 1.82) is 0 Å². The molecule has 0 saturated heterocycles. The Morgan fingerprint density at radius 2 is 1.90 bits per heavy atom. The lowest BCUT2D eigenvalue weighted by atomic mass is 10.1. The largest absolute Gasteiger partial charge is 0.469 e. The van der Waals surface area contributed by atoms with E-state index in [9.17, 15) is 0 Å². The Morgan fingerprint density at radius 1 is 1.15 bits per heavy atom. The van der Waals surface area contributed by atoms with Crippen LogP contribution in [0.25, 0.3) is 0 Å². The Hall–Kier alpha value is -2.10. The highest BCUT2D eigenvalue weighted by Crippen LogP contribution is 2.27. The Bertz CT molecular complexity index is 543. The molecule has 0 amide bonds. The van der Waals surface area contributed by atoms with Gasteiger partial charge >= 0.3 is 0 Å². The van der Waals surface area contributed by atoms with Gasteiger partial charge in [0, 0.05) is 6.54 Å². The van der Waals surface area contributed by atoms with Gasteiger partial charge in [-0.2, -0.15) is 0 Å². The minimum Gasteiger partial charge on any atom is -0.469 e. The molecule has 1 heterocycles. The molecule has 106 valence electrons. The van der Waals surface area contributed by atoms with Crippen molar-refractivity contribution in [3.63, 3.8) is 0 Å². The van der Waals surface area contributed by atoms with Crippen LogP contribution in [-0.4, -0.2) is 16.5 Å². The molecule has 4 heteroatoms. The van der Waals surface area contributed by atoms with Crippen LogP contribution in [0.1, 0.15) is 38.0 Å². The first kappa shape index (κ1) is 14.3. The third kappa shape index (κ3) is 3.26. The molecule has 0 aliphatic heterocycles. The summed E-state index contributed by atoms with van der Waals surface area (Å²) >= 11 is 0. The second kappa shape index (κ2) is 6.89. The number of hydrogen-bond acceptors (Lipinski definition) is 4. The molecule has 0 spiro atoms. The Balaban J connectivity index is 2.22. The summed E-state index contributed by atoms with van der Waals surface area (Å²) in [6.07, 6.45) is 2.34. The lowest BCUT2D eigenvalue weighted by molar-refractivity contribution is 0.215. The van der Waals surface area contributed by atoms with Crippen LogP contribution in [0.4, 0.5) is 5.82 Å². The van der Waals surface area contributed by atoms with Gasteiger partial charge in [-0.3, -0.25) is 0 Å². The van der Waals surface area contributed by atoms with Crippen molar-refractivity contribution in [2.24, 2.45) is 0 Å². The zero-order valence-corrected chi connectivity index (χ0v) is 12.3. The van der Waals surface area contributed by atoms with Gasteiger partial charge in [0.05, 0.1) is 5.56 Å². The molecule has 0 bridgehead atoms. The summed E-state index contributed by atoms with van der Waals surface area (Å²) in [5.74, 6) is 1.52. The second-order valence-electron chi connectivity index (χ2n) is 4.56. The Morgan fingerprint density at radius 3 is 2.55 bits per heavy atom. The minimum absolute atomic E-state index is 0.0362. The predicted octanol–water partition coefficient (Wildman–Crippen LogP) is 3.61. The van der Waals surface area contributed by atoms with E-state index in [1.807, 2.05) is 25.1 Å². The van der Waals surface area contributed by atoms with Crippen LogP contribution in [0.2, 0.25) is 0 Å². The van der Waals surface area contributed by atoms with Gasteiger partial charge in [-0.15, -0.1) is 0 Å². The highest BCUT2D eigenvalue weighted by Gasteiger charge is 2.14. The Labute approximate surface area is 120 Å². The molecule has 0 fully saturated rings. The van der Waals surface area contributed by atoms with Crippen molar-refractivity contribution in [2.75, 3.05) is 11.9 Å². The third-order valence-corrected chi connectivity index (χ3v) is 3.16. The molecule has 20 heavy (non-hydrogen) atoms. The van der Waals surface area contributed by atoms with Crippen LogP contribution < -0.4 is 10.1 Å².